The molecule has 2 heterocycles. The Kier molecular flexibility index (Phi) is 4.40. The number of benzene rings is 1. The topological polar surface area (TPSA) is 59.9 Å². The van der Waals surface area contributed by atoms with Gasteiger partial charge >= 0.3 is 0 Å². The molecule has 0 unspecified atom stereocenters. The summed E-state index contributed by atoms with van der Waals surface area (Å²) in [4.78, 5) is 8.82. The lowest BCUT2D eigenvalue weighted by Crippen LogP contribution is -2.20. The fourth-order valence-corrected chi connectivity index (χ4v) is 5.38. The Hall–Kier alpha value is -1.50. The Morgan fingerprint density at radius 3 is 2.38 bits per heavy atom. The van der Waals surface area contributed by atoms with E-state index in [1.807, 2.05) is 32.2 Å². The minimum Gasteiger partial charge on any atom is -0.224 e. The first-order valence-electron chi connectivity index (χ1n) is 7.40. The van der Waals surface area contributed by atoms with E-state index in [1.54, 1.807) is 24.3 Å². The van der Waals surface area contributed by atoms with E-state index in [4.69, 9.17) is 11.6 Å². The number of hydrogen-bond donors (Lipinski definition) is 0. The first-order chi connectivity index (χ1) is 11.2. The standard InChI is InChI=1S/C17H17ClN2O2S2/c1-17(2,3)10-24(21,22)12-6-4-11(5-7-12)14-15-13(8-9-23-15)19-16(18)20-14/h4-9H,10H2,1-3H3. The molecule has 0 spiro atoms. The molecule has 0 bridgehead atoms. The van der Waals surface area contributed by atoms with Gasteiger partial charge in [-0.05, 0) is 40.6 Å². The minimum absolute atomic E-state index is 0.105. The van der Waals surface area contributed by atoms with Gasteiger partial charge in [0.2, 0.25) is 5.28 Å². The molecule has 0 fully saturated rings. The third-order valence-electron chi connectivity index (χ3n) is 3.39. The van der Waals surface area contributed by atoms with E-state index in [9.17, 15) is 8.42 Å². The Balaban J connectivity index is 2.02. The number of thiophene rings is 1. The van der Waals surface area contributed by atoms with Crippen LogP contribution >= 0.6 is 22.9 Å². The zero-order valence-corrected chi connectivity index (χ0v) is 16.0. The predicted molar refractivity (Wildman–Crippen MR) is 99.4 cm³/mol. The second kappa shape index (κ2) is 6.10. The van der Waals surface area contributed by atoms with Gasteiger partial charge in [0.1, 0.15) is 0 Å². The van der Waals surface area contributed by atoms with E-state index in [0.29, 0.717) is 4.90 Å². The van der Waals surface area contributed by atoms with Gasteiger partial charge in [0.15, 0.2) is 9.84 Å². The van der Waals surface area contributed by atoms with Crippen molar-refractivity contribution in [2.75, 3.05) is 5.75 Å². The van der Waals surface area contributed by atoms with Crippen molar-refractivity contribution < 1.29 is 8.42 Å². The van der Waals surface area contributed by atoms with Gasteiger partial charge in [0.05, 0.1) is 26.6 Å². The van der Waals surface area contributed by atoms with Gasteiger partial charge in [0, 0.05) is 5.56 Å². The summed E-state index contributed by atoms with van der Waals surface area (Å²) < 4.78 is 25.9. The molecular weight excluding hydrogens is 364 g/mol. The second-order valence-electron chi connectivity index (χ2n) is 6.82. The summed E-state index contributed by atoms with van der Waals surface area (Å²) in [6.45, 7) is 5.74. The molecule has 0 radical (unpaired) electrons. The van der Waals surface area contributed by atoms with E-state index in [2.05, 4.69) is 9.97 Å². The fourth-order valence-electron chi connectivity index (χ4n) is 2.50. The molecule has 24 heavy (non-hydrogen) atoms. The molecule has 3 rings (SSSR count). The molecule has 0 amide bonds. The normalized spacial score (nSPS) is 12.7. The highest BCUT2D eigenvalue weighted by Gasteiger charge is 2.23. The zero-order valence-electron chi connectivity index (χ0n) is 13.6. The second-order valence-corrected chi connectivity index (χ2v) is 10.1. The number of nitrogens with zero attached hydrogens (tertiary/aromatic N) is 2. The third kappa shape index (κ3) is 3.61. The highest BCUT2D eigenvalue weighted by Crippen LogP contribution is 2.32. The van der Waals surface area contributed by atoms with Crippen LogP contribution < -0.4 is 0 Å². The molecule has 2 aromatic heterocycles. The van der Waals surface area contributed by atoms with E-state index >= 15 is 0 Å². The molecule has 7 heteroatoms. The van der Waals surface area contributed by atoms with Gasteiger partial charge in [-0.1, -0.05) is 32.9 Å². The molecule has 0 N–H and O–H groups in total. The van der Waals surface area contributed by atoms with Crippen molar-refractivity contribution in [1.82, 2.24) is 9.97 Å². The van der Waals surface area contributed by atoms with Crippen molar-refractivity contribution in [3.8, 4) is 11.3 Å². The third-order valence-corrected chi connectivity index (χ3v) is 6.70. The van der Waals surface area contributed by atoms with Crippen LogP contribution in [0.4, 0.5) is 0 Å². The molecule has 0 saturated carbocycles. The zero-order chi connectivity index (χ0) is 17.5. The first-order valence-corrected chi connectivity index (χ1v) is 10.3. The van der Waals surface area contributed by atoms with Crippen LogP contribution in [0.15, 0.2) is 40.6 Å². The highest BCUT2D eigenvalue weighted by atomic mass is 35.5. The Morgan fingerprint density at radius 2 is 1.75 bits per heavy atom. The SMILES string of the molecule is CC(C)(C)CS(=O)(=O)c1ccc(-c2nc(Cl)nc3ccsc23)cc1. The molecule has 1 aromatic carbocycles. The molecular formula is C17H17ClN2O2S2. The molecule has 0 aliphatic carbocycles. The summed E-state index contributed by atoms with van der Waals surface area (Å²) in [5.41, 5.74) is 2.04. The molecule has 3 aromatic rings. The van der Waals surface area contributed by atoms with Gasteiger partial charge in [-0.2, -0.15) is 0 Å². The summed E-state index contributed by atoms with van der Waals surface area (Å²) in [5.74, 6) is 0.105. The van der Waals surface area contributed by atoms with Gasteiger partial charge in [-0.3, -0.25) is 0 Å². The molecule has 126 valence electrons. The van der Waals surface area contributed by atoms with Crippen molar-refractivity contribution >= 4 is 43.0 Å². The van der Waals surface area contributed by atoms with Crippen LogP contribution in [0.1, 0.15) is 20.8 Å². The predicted octanol–water partition coefficient (Wildman–Crippen LogP) is 4.83. The lowest BCUT2D eigenvalue weighted by atomic mass is 10.0. The monoisotopic (exact) mass is 380 g/mol. The van der Waals surface area contributed by atoms with Crippen molar-refractivity contribution in [1.29, 1.82) is 0 Å². The lowest BCUT2D eigenvalue weighted by molar-refractivity contribution is 0.462. The van der Waals surface area contributed by atoms with Crippen LogP contribution in [0.2, 0.25) is 5.28 Å². The van der Waals surface area contributed by atoms with Crippen LogP contribution in [0.25, 0.3) is 21.5 Å². The summed E-state index contributed by atoms with van der Waals surface area (Å²) in [6.07, 6.45) is 0. The number of rotatable bonds is 3. The average molecular weight is 381 g/mol. The molecule has 0 aliphatic rings. The fraction of sp³-hybridized carbons (Fsp3) is 0.294. The summed E-state index contributed by atoms with van der Waals surface area (Å²) in [7, 11) is -3.31. The highest BCUT2D eigenvalue weighted by molar-refractivity contribution is 7.91. The maximum absolute atomic E-state index is 12.5. The number of aromatic nitrogens is 2. The Labute approximate surface area is 150 Å². The molecule has 0 atom stereocenters. The van der Waals surface area contributed by atoms with Crippen molar-refractivity contribution in [2.24, 2.45) is 5.41 Å². The van der Waals surface area contributed by atoms with Crippen LogP contribution in [-0.4, -0.2) is 24.1 Å². The van der Waals surface area contributed by atoms with Crippen molar-refractivity contribution in [3.63, 3.8) is 0 Å². The maximum Gasteiger partial charge on any atom is 0.223 e. The molecule has 4 nitrogen and oxygen atoms in total. The maximum atomic E-state index is 12.5. The van der Waals surface area contributed by atoms with Gasteiger partial charge in [-0.25, -0.2) is 18.4 Å². The van der Waals surface area contributed by atoms with Crippen molar-refractivity contribution in [3.05, 3.63) is 41.0 Å². The van der Waals surface area contributed by atoms with Crippen molar-refractivity contribution in [2.45, 2.75) is 25.7 Å². The van der Waals surface area contributed by atoms with Crippen LogP contribution in [-0.2, 0) is 9.84 Å². The molecule has 0 aliphatic heterocycles. The Bertz CT molecular complexity index is 988. The summed E-state index contributed by atoms with van der Waals surface area (Å²) in [5, 5.41) is 2.11. The van der Waals surface area contributed by atoms with Crippen LogP contribution in [0, 0.1) is 5.41 Å². The lowest BCUT2D eigenvalue weighted by Gasteiger charge is -2.18. The summed E-state index contributed by atoms with van der Waals surface area (Å²) >= 11 is 7.53. The van der Waals surface area contributed by atoms with E-state index in [-0.39, 0.29) is 16.5 Å². The smallest absolute Gasteiger partial charge is 0.223 e. The number of sulfone groups is 1. The van der Waals surface area contributed by atoms with E-state index in [1.165, 1.54) is 11.3 Å². The number of halogens is 1. The number of fused-ring (bicyclic) bond motifs is 1. The van der Waals surface area contributed by atoms with Gasteiger partial charge in [0.25, 0.3) is 0 Å². The van der Waals surface area contributed by atoms with E-state index < -0.39 is 9.84 Å². The van der Waals surface area contributed by atoms with Crippen LogP contribution in [0.3, 0.4) is 0 Å². The van der Waals surface area contributed by atoms with Crippen LogP contribution in [0.5, 0.6) is 0 Å². The van der Waals surface area contributed by atoms with Gasteiger partial charge in [-0.15, -0.1) is 11.3 Å². The van der Waals surface area contributed by atoms with E-state index in [0.717, 1.165) is 21.5 Å². The minimum atomic E-state index is -3.31. The number of hydrogen-bond acceptors (Lipinski definition) is 5. The summed E-state index contributed by atoms with van der Waals surface area (Å²) in [6, 6.07) is 8.69. The Morgan fingerprint density at radius 1 is 1.08 bits per heavy atom. The van der Waals surface area contributed by atoms with Gasteiger partial charge < -0.3 is 0 Å². The largest absolute Gasteiger partial charge is 0.224 e. The first kappa shape index (κ1) is 17.3. The quantitative estimate of drug-likeness (QED) is 0.610. The molecule has 0 saturated heterocycles. The average Bonchev–Trinajstić information content (AvgIpc) is 2.92.